The molecule has 2 aliphatic rings. The number of fused-ring (bicyclic) bond motifs is 2. The summed E-state index contributed by atoms with van der Waals surface area (Å²) < 4.78 is 0. The zero-order valence-corrected chi connectivity index (χ0v) is 6.10. The number of carboxylic acid groups (broad SMARTS) is 1. The van der Waals surface area contributed by atoms with Crippen LogP contribution in [0.15, 0.2) is 12.2 Å². The first-order valence-corrected chi connectivity index (χ1v) is 3.87. The summed E-state index contributed by atoms with van der Waals surface area (Å²) in [5, 5.41) is 8.79. The normalized spacial score (nSPS) is 46.6. The van der Waals surface area contributed by atoms with Gasteiger partial charge in [0.15, 0.2) is 0 Å². The monoisotopic (exact) mass is 153 g/mol. The molecule has 0 aliphatic heterocycles. The van der Waals surface area contributed by atoms with Crippen LogP contribution in [0.5, 0.6) is 0 Å². The number of nitrogens with two attached hydrogens (primary N) is 1. The van der Waals surface area contributed by atoms with Gasteiger partial charge in [-0.3, -0.25) is 4.79 Å². The third-order valence-corrected chi connectivity index (χ3v) is 2.81. The van der Waals surface area contributed by atoms with E-state index in [4.69, 9.17) is 10.8 Å². The molecular formula is C8H11NO2. The van der Waals surface area contributed by atoms with Crippen molar-refractivity contribution in [1.29, 1.82) is 0 Å². The Morgan fingerprint density at radius 1 is 1.45 bits per heavy atom. The van der Waals surface area contributed by atoms with Crippen LogP contribution >= 0.6 is 0 Å². The number of hydrogen-bond donors (Lipinski definition) is 2. The van der Waals surface area contributed by atoms with Crippen LogP contribution in [0, 0.1) is 17.8 Å². The Kier molecular flexibility index (Phi) is 1.29. The molecule has 0 unspecified atom stereocenters. The fourth-order valence-electron chi connectivity index (χ4n) is 2.21. The zero-order valence-electron chi connectivity index (χ0n) is 6.10. The molecule has 0 aromatic heterocycles. The van der Waals surface area contributed by atoms with Gasteiger partial charge in [-0.1, -0.05) is 12.2 Å². The molecule has 0 aromatic carbocycles. The lowest BCUT2D eigenvalue weighted by Crippen LogP contribution is -2.38. The van der Waals surface area contributed by atoms with Crippen molar-refractivity contribution in [2.24, 2.45) is 23.5 Å². The summed E-state index contributed by atoms with van der Waals surface area (Å²) >= 11 is 0. The second-order valence-electron chi connectivity index (χ2n) is 3.39. The molecule has 0 spiro atoms. The third kappa shape index (κ3) is 0.807. The molecule has 0 heterocycles. The lowest BCUT2D eigenvalue weighted by Gasteiger charge is -2.19. The van der Waals surface area contributed by atoms with Gasteiger partial charge in [0.1, 0.15) is 0 Å². The van der Waals surface area contributed by atoms with E-state index in [1.54, 1.807) is 0 Å². The van der Waals surface area contributed by atoms with Crippen molar-refractivity contribution < 1.29 is 9.90 Å². The van der Waals surface area contributed by atoms with E-state index in [9.17, 15) is 4.79 Å². The molecule has 0 saturated heterocycles. The molecule has 2 bridgehead atoms. The number of aliphatic carboxylic acids is 1. The molecule has 1 saturated carbocycles. The fourth-order valence-corrected chi connectivity index (χ4v) is 2.21. The Balaban J connectivity index is 2.25. The highest BCUT2D eigenvalue weighted by Gasteiger charge is 2.46. The molecule has 1 fully saturated rings. The van der Waals surface area contributed by atoms with Crippen LogP contribution in [0.2, 0.25) is 0 Å². The molecular weight excluding hydrogens is 142 g/mol. The van der Waals surface area contributed by atoms with Crippen LogP contribution in [0.3, 0.4) is 0 Å². The molecule has 3 nitrogen and oxygen atoms in total. The van der Waals surface area contributed by atoms with E-state index >= 15 is 0 Å². The van der Waals surface area contributed by atoms with E-state index in [2.05, 4.69) is 6.08 Å². The molecule has 11 heavy (non-hydrogen) atoms. The Labute approximate surface area is 64.9 Å². The second kappa shape index (κ2) is 2.08. The molecule has 2 aliphatic carbocycles. The number of rotatable bonds is 1. The van der Waals surface area contributed by atoms with Crippen LogP contribution in [-0.4, -0.2) is 17.1 Å². The summed E-state index contributed by atoms with van der Waals surface area (Å²) in [6, 6.07) is -0.150. The summed E-state index contributed by atoms with van der Waals surface area (Å²) in [5.41, 5.74) is 5.73. The first-order valence-electron chi connectivity index (χ1n) is 3.87. The maximum Gasteiger partial charge on any atom is 0.308 e. The SMILES string of the molecule is N[C@H]1[C@H](C(=O)O)[C@H]2C=C[C@H]1C2. The first kappa shape index (κ1) is 6.85. The van der Waals surface area contributed by atoms with Gasteiger partial charge in [-0.25, -0.2) is 0 Å². The van der Waals surface area contributed by atoms with Crippen molar-refractivity contribution in [3.8, 4) is 0 Å². The van der Waals surface area contributed by atoms with Gasteiger partial charge >= 0.3 is 5.97 Å². The van der Waals surface area contributed by atoms with Crippen molar-refractivity contribution in [2.75, 3.05) is 0 Å². The summed E-state index contributed by atoms with van der Waals surface area (Å²) in [5.74, 6) is -0.548. The van der Waals surface area contributed by atoms with Gasteiger partial charge in [-0.15, -0.1) is 0 Å². The Bertz CT molecular complexity index is 224. The standard InChI is InChI=1S/C8H11NO2/c9-7-5-2-1-4(3-5)6(7)8(10)11/h1-2,4-7H,3,9H2,(H,10,11)/t4-,5-,6+,7+/m0/s1. The van der Waals surface area contributed by atoms with E-state index in [0.717, 1.165) is 6.42 Å². The van der Waals surface area contributed by atoms with Gasteiger partial charge in [0.05, 0.1) is 5.92 Å². The Hall–Kier alpha value is -0.830. The number of allylic oxidation sites excluding steroid dienone is 1. The number of carbonyl (C=O) groups is 1. The predicted molar refractivity (Wildman–Crippen MR) is 39.8 cm³/mol. The van der Waals surface area contributed by atoms with Crippen LogP contribution in [0.4, 0.5) is 0 Å². The molecule has 0 radical (unpaired) electrons. The van der Waals surface area contributed by atoms with Crippen LogP contribution in [-0.2, 0) is 4.79 Å². The van der Waals surface area contributed by atoms with Gasteiger partial charge < -0.3 is 10.8 Å². The van der Waals surface area contributed by atoms with E-state index < -0.39 is 5.97 Å². The van der Waals surface area contributed by atoms with Gasteiger partial charge in [-0.2, -0.15) is 0 Å². The van der Waals surface area contributed by atoms with Crippen LogP contribution in [0.25, 0.3) is 0 Å². The minimum Gasteiger partial charge on any atom is -0.481 e. The van der Waals surface area contributed by atoms with Crippen LogP contribution < -0.4 is 5.73 Å². The van der Waals surface area contributed by atoms with Crippen molar-refractivity contribution in [1.82, 2.24) is 0 Å². The fraction of sp³-hybridized carbons (Fsp3) is 0.625. The van der Waals surface area contributed by atoms with Crippen LogP contribution in [0.1, 0.15) is 6.42 Å². The number of carboxylic acids is 1. The molecule has 4 atom stereocenters. The largest absolute Gasteiger partial charge is 0.481 e. The number of hydrogen-bond acceptors (Lipinski definition) is 2. The molecule has 60 valence electrons. The van der Waals surface area contributed by atoms with E-state index in [-0.39, 0.29) is 17.9 Å². The van der Waals surface area contributed by atoms with Gasteiger partial charge in [0.2, 0.25) is 0 Å². The maximum absolute atomic E-state index is 10.7. The molecule has 0 amide bonds. The minimum atomic E-state index is -0.741. The minimum absolute atomic E-state index is 0.150. The summed E-state index contributed by atoms with van der Waals surface area (Å²) in [6.45, 7) is 0. The summed E-state index contributed by atoms with van der Waals surface area (Å²) in [7, 11) is 0. The van der Waals surface area contributed by atoms with Crippen molar-refractivity contribution in [3.63, 3.8) is 0 Å². The smallest absolute Gasteiger partial charge is 0.308 e. The highest BCUT2D eigenvalue weighted by Crippen LogP contribution is 2.42. The Morgan fingerprint density at radius 2 is 2.09 bits per heavy atom. The van der Waals surface area contributed by atoms with Crippen molar-refractivity contribution >= 4 is 5.97 Å². The first-order chi connectivity index (χ1) is 5.20. The quantitative estimate of drug-likeness (QED) is 0.530. The van der Waals surface area contributed by atoms with Gasteiger partial charge in [-0.05, 0) is 18.3 Å². The van der Waals surface area contributed by atoms with E-state index in [1.165, 1.54) is 0 Å². The highest BCUT2D eigenvalue weighted by atomic mass is 16.4. The average Bonchev–Trinajstić information content (AvgIpc) is 2.44. The van der Waals surface area contributed by atoms with Gasteiger partial charge in [0, 0.05) is 6.04 Å². The Morgan fingerprint density at radius 3 is 2.45 bits per heavy atom. The molecule has 2 rings (SSSR count). The molecule has 3 N–H and O–H groups in total. The molecule has 0 aromatic rings. The van der Waals surface area contributed by atoms with Crippen molar-refractivity contribution in [2.45, 2.75) is 12.5 Å². The van der Waals surface area contributed by atoms with E-state index in [0.29, 0.717) is 5.92 Å². The maximum atomic E-state index is 10.7. The predicted octanol–water partition coefficient (Wildman–Crippen LogP) is 0.220. The lowest BCUT2D eigenvalue weighted by molar-refractivity contribution is -0.143. The third-order valence-electron chi connectivity index (χ3n) is 2.81. The second-order valence-corrected chi connectivity index (χ2v) is 3.39. The van der Waals surface area contributed by atoms with Crippen molar-refractivity contribution in [3.05, 3.63) is 12.2 Å². The topological polar surface area (TPSA) is 63.3 Å². The summed E-state index contributed by atoms with van der Waals surface area (Å²) in [6.07, 6.45) is 4.99. The highest BCUT2D eigenvalue weighted by molar-refractivity contribution is 5.72. The van der Waals surface area contributed by atoms with E-state index in [1.807, 2.05) is 6.08 Å². The average molecular weight is 153 g/mol. The summed E-state index contributed by atoms with van der Waals surface area (Å²) in [4.78, 5) is 10.7. The molecule has 3 heteroatoms. The zero-order chi connectivity index (χ0) is 8.01. The lowest BCUT2D eigenvalue weighted by atomic mass is 9.90. The van der Waals surface area contributed by atoms with Gasteiger partial charge in [0.25, 0.3) is 0 Å².